The molecule has 0 N–H and O–H groups in total. The molecule has 536 valence electrons. The van der Waals surface area contributed by atoms with E-state index in [1.165, 1.54) is 0 Å². The van der Waals surface area contributed by atoms with Gasteiger partial charge in [-0.3, -0.25) is 38.4 Å². The van der Waals surface area contributed by atoms with Gasteiger partial charge in [0.05, 0.1) is 20.1 Å². The van der Waals surface area contributed by atoms with Gasteiger partial charge in [-0.05, 0) is 129 Å². The molecule has 16 heteroatoms. The second-order valence-electron chi connectivity index (χ2n) is 26.3. The lowest BCUT2D eigenvalue weighted by Crippen LogP contribution is -2.18. The highest BCUT2D eigenvalue weighted by Crippen LogP contribution is 2.36. The fourth-order valence-corrected chi connectivity index (χ4v) is 13.5. The molecule has 0 bridgehead atoms. The minimum absolute atomic E-state index is 0.0612. The van der Waals surface area contributed by atoms with Crippen molar-refractivity contribution in [2.75, 3.05) is 0 Å². The van der Waals surface area contributed by atoms with Crippen molar-refractivity contribution in [3.8, 4) is 0 Å². The molecule has 0 saturated heterocycles. The predicted molar refractivity (Wildman–Crippen MR) is 394 cm³/mol. The maximum atomic E-state index is 13.3. The van der Waals surface area contributed by atoms with Crippen LogP contribution in [0.4, 0.5) is 0 Å². The molecule has 4 rings (SSSR count). The van der Waals surface area contributed by atoms with Crippen LogP contribution < -0.4 is 0 Å². The van der Waals surface area contributed by atoms with Crippen LogP contribution in [0.2, 0.25) is 0 Å². The zero-order valence-corrected chi connectivity index (χ0v) is 62.0. The Kier molecular flexibility index (Phi) is 42.6. The van der Waals surface area contributed by atoms with Crippen LogP contribution in [-0.4, -0.2) is 71.4 Å². The number of carbonyl (C=O) groups excluding carboxylic acids is 8. The Labute approximate surface area is 601 Å². The number of Topliss-reactive ketones (excluding diaryl/α,β-unsaturated/α-hetero) is 4. The van der Waals surface area contributed by atoms with E-state index in [0.29, 0.717) is 125 Å². The maximum absolute atomic E-state index is 13.3. The lowest BCUT2D eigenvalue weighted by atomic mass is 9.95. The van der Waals surface area contributed by atoms with Crippen molar-refractivity contribution in [3.05, 3.63) is 140 Å². The van der Waals surface area contributed by atoms with Gasteiger partial charge in [0, 0.05) is 97.3 Å². The van der Waals surface area contributed by atoms with Crippen LogP contribution >= 0.6 is 46.4 Å². The van der Waals surface area contributed by atoms with Crippen LogP contribution in [0.5, 0.6) is 0 Å². The van der Waals surface area contributed by atoms with E-state index in [0.717, 1.165) is 103 Å². The van der Waals surface area contributed by atoms with E-state index in [-0.39, 0.29) is 122 Å². The van der Waals surface area contributed by atoms with Crippen LogP contribution in [0.1, 0.15) is 266 Å². The molecule has 97 heavy (non-hydrogen) atoms. The summed E-state index contributed by atoms with van der Waals surface area (Å²) >= 11 is 25.3. The standard InChI is InChI=1S/C81H112Cl4O12/c1-7-12-17-31-42-74(86)95-63(39-25-14-9-3)47-51-67-59(55-71(83)79(67)91)36-29-19-22-33-44-76(88)97-65(41-27-16-11-5)49-53-69-61(57-73(85)81(69)93)37-30-20-23-34-45-77(89)96-64(40-26-15-10-4)48-52-68-60(56-72(84)80(68)92)35-28-18-21-32-43-75(87)94-62(38-24-13-8-2)46-50-66-58(6)54-70(82)78(66)90/h7,12,18-20,28-30,50-65H,8-11,13-17,21-27,31-49H2,1-6H3. The summed E-state index contributed by atoms with van der Waals surface area (Å²) in [6.07, 6.45) is 53.6. The first-order valence-electron chi connectivity index (χ1n) is 36.7. The Morgan fingerprint density at radius 2 is 0.629 bits per heavy atom. The molecule has 0 aromatic carbocycles. The third-order valence-electron chi connectivity index (χ3n) is 18.1. The minimum atomic E-state index is -0.393. The molecule has 0 spiro atoms. The fraction of sp³-hybridized carbons (Fsp3) is 0.605. The van der Waals surface area contributed by atoms with Crippen LogP contribution in [-0.2, 0) is 57.3 Å². The van der Waals surface area contributed by atoms with Crippen LogP contribution in [0.25, 0.3) is 0 Å². The highest BCUT2D eigenvalue weighted by molar-refractivity contribution is 6.47. The highest BCUT2D eigenvalue weighted by Gasteiger charge is 2.32. The number of hydrogen-bond acceptors (Lipinski definition) is 12. The molecule has 0 aliphatic heterocycles. The Morgan fingerprint density at radius 3 is 0.887 bits per heavy atom. The van der Waals surface area contributed by atoms with Crippen molar-refractivity contribution in [2.24, 2.45) is 23.7 Å². The molecular weight excluding hydrogens is 1310 g/mol. The number of esters is 4. The van der Waals surface area contributed by atoms with Crippen molar-refractivity contribution in [3.63, 3.8) is 0 Å². The minimum Gasteiger partial charge on any atom is -0.462 e. The molecule has 0 heterocycles. The first-order valence-corrected chi connectivity index (χ1v) is 38.2. The number of rotatable bonds is 50. The molecular formula is C81H112Cl4O12. The SMILES string of the molecule is CC=CCCCC(=O)OC(CC=C1C(=O)C(Cl)=CC1CC=CCCCC(=O)OC(CC=C1C(=O)C(Cl)=CC1CC=CCCCC(=O)OC(CC=C1C(=O)C(Cl)=CC1CC=CCCCC(=O)OC(CC=C1C(=O)C(Cl)=CC1C)CCCCC)CCCCC)CCCCC)CCCCC. The number of allylic oxidation sites excluding steroid dienone is 20. The molecule has 8 unspecified atom stereocenters. The van der Waals surface area contributed by atoms with E-state index in [9.17, 15) is 38.4 Å². The number of ketones is 4. The Morgan fingerprint density at radius 1 is 0.371 bits per heavy atom. The quantitative estimate of drug-likeness (QED) is 0.0186. The summed E-state index contributed by atoms with van der Waals surface area (Å²) < 4.78 is 23.9. The summed E-state index contributed by atoms with van der Waals surface area (Å²) in [6, 6.07) is 0. The molecule has 0 amide bonds. The number of hydrogen-bond donors (Lipinski definition) is 0. The largest absolute Gasteiger partial charge is 0.462 e. The highest BCUT2D eigenvalue weighted by atomic mass is 35.5. The van der Waals surface area contributed by atoms with E-state index in [1.807, 2.05) is 86.8 Å². The molecule has 0 saturated carbocycles. The summed E-state index contributed by atoms with van der Waals surface area (Å²) in [5.41, 5.74) is 2.45. The summed E-state index contributed by atoms with van der Waals surface area (Å²) in [5, 5.41) is 0.788. The van der Waals surface area contributed by atoms with Crippen molar-refractivity contribution in [1.82, 2.24) is 0 Å². The van der Waals surface area contributed by atoms with Crippen LogP contribution in [0.15, 0.2) is 140 Å². The Balaban J connectivity index is 1.22. The van der Waals surface area contributed by atoms with E-state index >= 15 is 0 Å². The summed E-state index contributed by atoms with van der Waals surface area (Å²) in [5.74, 6) is -2.56. The Hall–Kier alpha value is -5.40. The molecule has 4 aliphatic carbocycles. The maximum Gasteiger partial charge on any atom is 0.306 e. The zero-order chi connectivity index (χ0) is 70.7. The van der Waals surface area contributed by atoms with Gasteiger partial charge in [-0.15, -0.1) is 0 Å². The van der Waals surface area contributed by atoms with E-state index in [1.54, 1.807) is 24.3 Å². The summed E-state index contributed by atoms with van der Waals surface area (Å²) in [7, 11) is 0. The molecule has 4 aliphatic rings. The second-order valence-corrected chi connectivity index (χ2v) is 27.9. The molecule has 8 atom stereocenters. The van der Waals surface area contributed by atoms with E-state index in [4.69, 9.17) is 65.4 Å². The molecule has 12 nitrogen and oxygen atoms in total. The van der Waals surface area contributed by atoms with Crippen molar-refractivity contribution >= 4 is 93.4 Å². The van der Waals surface area contributed by atoms with Gasteiger partial charge in [-0.2, -0.15) is 0 Å². The third-order valence-corrected chi connectivity index (χ3v) is 19.3. The average molecular weight is 1420 g/mol. The topological polar surface area (TPSA) is 173 Å². The molecule has 0 aromatic rings. The van der Waals surface area contributed by atoms with Crippen molar-refractivity contribution in [1.29, 1.82) is 0 Å². The van der Waals surface area contributed by atoms with Gasteiger partial charge in [-0.1, -0.05) is 230 Å². The van der Waals surface area contributed by atoms with E-state index in [2.05, 4.69) is 27.7 Å². The first kappa shape index (κ1) is 84.0. The normalized spacial score (nSPS) is 21.1. The van der Waals surface area contributed by atoms with Crippen LogP contribution in [0.3, 0.4) is 0 Å². The number of unbranched alkanes of at least 4 members (excludes halogenated alkanes) is 12. The summed E-state index contributed by atoms with van der Waals surface area (Å²) in [6.45, 7) is 12.4. The van der Waals surface area contributed by atoms with Crippen molar-refractivity contribution < 1.29 is 57.3 Å². The lowest BCUT2D eigenvalue weighted by molar-refractivity contribution is -0.150. The second kappa shape index (κ2) is 49.2. The van der Waals surface area contributed by atoms with Crippen molar-refractivity contribution in [2.45, 2.75) is 291 Å². The first-order chi connectivity index (χ1) is 46.8. The van der Waals surface area contributed by atoms with Gasteiger partial charge in [-0.25, -0.2) is 0 Å². The number of halogens is 4. The Bertz CT molecular complexity index is 2950. The summed E-state index contributed by atoms with van der Waals surface area (Å²) in [4.78, 5) is 104. The van der Waals surface area contributed by atoms with Gasteiger partial charge >= 0.3 is 23.9 Å². The van der Waals surface area contributed by atoms with Gasteiger partial charge < -0.3 is 18.9 Å². The van der Waals surface area contributed by atoms with Gasteiger partial charge in [0.1, 0.15) is 24.4 Å². The smallest absolute Gasteiger partial charge is 0.306 e. The predicted octanol–water partition coefficient (Wildman–Crippen LogP) is 21.6. The van der Waals surface area contributed by atoms with Crippen LogP contribution in [0, 0.1) is 23.7 Å². The molecule has 0 aromatic heterocycles. The monoisotopic (exact) mass is 1420 g/mol. The zero-order valence-electron chi connectivity index (χ0n) is 59.0. The van der Waals surface area contributed by atoms with Gasteiger partial charge in [0.25, 0.3) is 0 Å². The lowest BCUT2D eigenvalue weighted by Gasteiger charge is -2.18. The molecule has 0 radical (unpaired) electrons. The average Bonchev–Trinajstić information content (AvgIpc) is 1.74. The third kappa shape index (κ3) is 32.6. The van der Waals surface area contributed by atoms with Gasteiger partial charge in [0.2, 0.25) is 0 Å². The van der Waals surface area contributed by atoms with E-state index < -0.39 is 12.2 Å². The fourth-order valence-electron chi connectivity index (χ4n) is 12.4. The van der Waals surface area contributed by atoms with Gasteiger partial charge in [0.15, 0.2) is 23.1 Å². The molecule has 0 fully saturated rings. The number of ether oxygens (including phenoxy) is 4. The number of carbonyl (C=O) groups is 8.